The molecule has 0 fully saturated rings. The number of hydrogen-bond acceptors (Lipinski definition) is 3. The number of aliphatic hydroxyl groups excluding tert-OH is 2. The highest BCUT2D eigenvalue weighted by Crippen LogP contribution is 2.23. The van der Waals surface area contributed by atoms with Crippen molar-refractivity contribution in [1.82, 2.24) is 0 Å². The van der Waals surface area contributed by atoms with E-state index in [1.54, 1.807) is 0 Å². The molecule has 0 aliphatic heterocycles. The Balaban J connectivity index is 2.91. The highest BCUT2D eigenvalue weighted by atomic mass is 19.2. The van der Waals surface area contributed by atoms with Gasteiger partial charge in [-0.1, -0.05) is 12.1 Å². The largest absolute Gasteiger partial charge is 0.481 e. The van der Waals surface area contributed by atoms with E-state index in [1.165, 1.54) is 0 Å². The second kappa shape index (κ2) is 5.00. The second-order valence-corrected chi connectivity index (χ2v) is 3.25. The van der Waals surface area contributed by atoms with Crippen molar-refractivity contribution in [1.29, 1.82) is 0 Å². The Morgan fingerprint density at radius 3 is 2.50 bits per heavy atom. The van der Waals surface area contributed by atoms with E-state index in [0.29, 0.717) is 0 Å². The third-order valence-electron chi connectivity index (χ3n) is 2.05. The molecule has 1 aromatic carbocycles. The monoisotopic (exact) mass is 232 g/mol. The van der Waals surface area contributed by atoms with Crippen LogP contribution in [-0.4, -0.2) is 27.4 Å². The first-order valence-corrected chi connectivity index (χ1v) is 4.45. The van der Waals surface area contributed by atoms with Crippen molar-refractivity contribution in [3.8, 4) is 0 Å². The number of halogens is 2. The molecule has 3 N–H and O–H groups in total. The molecule has 0 aliphatic rings. The van der Waals surface area contributed by atoms with Gasteiger partial charge >= 0.3 is 5.97 Å². The number of carboxylic acids is 1. The molecule has 0 saturated carbocycles. The van der Waals surface area contributed by atoms with E-state index in [2.05, 4.69) is 0 Å². The van der Waals surface area contributed by atoms with Gasteiger partial charge in [-0.2, -0.15) is 0 Å². The SMILES string of the molecule is O=C(O)CC(O)C(O)c1cccc(F)c1F. The molecule has 0 saturated heterocycles. The van der Waals surface area contributed by atoms with Crippen LogP contribution in [0.1, 0.15) is 18.1 Å². The maximum Gasteiger partial charge on any atom is 0.306 e. The molecule has 88 valence electrons. The van der Waals surface area contributed by atoms with E-state index in [4.69, 9.17) is 5.11 Å². The Bertz CT molecular complexity index is 394. The van der Waals surface area contributed by atoms with Crippen LogP contribution >= 0.6 is 0 Å². The summed E-state index contributed by atoms with van der Waals surface area (Å²) in [7, 11) is 0. The number of carbonyl (C=O) groups is 1. The van der Waals surface area contributed by atoms with Gasteiger partial charge in [0.05, 0.1) is 12.5 Å². The molecule has 1 rings (SSSR count). The van der Waals surface area contributed by atoms with Crippen LogP contribution in [0.4, 0.5) is 8.78 Å². The van der Waals surface area contributed by atoms with Gasteiger partial charge in [0, 0.05) is 5.56 Å². The van der Waals surface area contributed by atoms with Gasteiger partial charge in [0.1, 0.15) is 6.10 Å². The molecule has 0 bridgehead atoms. The number of benzene rings is 1. The summed E-state index contributed by atoms with van der Waals surface area (Å²) in [6.07, 6.45) is -4.21. The maximum absolute atomic E-state index is 13.2. The normalized spacial score (nSPS) is 14.5. The molecule has 0 aromatic heterocycles. The first-order valence-electron chi connectivity index (χ1n) is 4.45. The molecular weight excluding hydrogens is 222 g/mol. The van der Waals surface area contributed by atoms with Crippen molar-refractivity contribution < 1.29 is 28.9 Å². The molecule has 2 unspecified atom stereocenters. The summed E-state index contributed by atoms with van der Waals surface area (Å²) < 4.78 is 25.9. The minimum Gasteiger partial charge on any atom is -0.481 e. The smallest absolute Gasteiger partial charge is 0.306 e. The molecule has 0 radical (unpaired) electrons. The topological polar surface area (TPSA) is 77.8 Å². The maximum atomic E-state index is 13.2. The Hall–Kier alpha value is -1.53. The summed E-state index contributed by atoms with van der Waals surface area (Å²) in [6, 6.07) is 3.09. The average molecular weight is 232 g/mol. The molecule has 0 aliphatic carbocycles. The fraction of sp³-hybridized carbons (Fsp3) is 0.300. The predicted octanol–water partition coefficient (Wildman–Crippen LogP) is 0.834. The molecule has 0 amide bonds. The van der Waals surface area contributed by atoms with E-state index < -0.39 is 41.8 Å². The van der Waals surface area contributed by atoms with Crippen LogP contribution in [-0.2, 0) is 4.79 Å². The molecule has 2 atom stereocenters. The van der Waals surface area contributed by atoms with Gasteiger partial charge in [0.25, 0.3) is 0 Å². The molecule has 16 heavy (non-hydrogen) atoms. The van der Waals surface area contributed by atoms with Gasteiger partial charge in [-0.3, -0.25) is 4.79 Å². The summed E-state index contributed by atoms with van der Waals surface area (Å²) in [5, 5.41) is 27.0. The zero-order chi connectivity index (χ0) is 12.3. The summed E-state index contributed by atoms with van der Waals surface area (Å²) in [6.45, 7) is 0. The zero-order valence-electron chi connectivity index (χ0n) is 8.10. The van der Waals surface area contributed by atoms with Crippen LogP contribution in [0.25, 0.3) is 0 Å². The first kappa shape index (κ1) is 12.5. The van der Waals surface area contributed by atoms with E-state index in [0.717, 1.165) is 18.2 Å². The van der Waals surface area contributed by atoms with E-state index in [-0.39, 0.29) is 0 Å². The van der Waals surface area contributed by atoms with E-state index in [1.807, 2.05) is 0 Å². The summed E-state index contributed by atoms with van der Waals surface area (Å²) in [4.78, 5) is 10.3. The molecule has 0 spiro atoms. The van der Waals surface area contributed by atoms with Gasteiger partial charge in [0.2, 0.25) is 0 Å². The summed E-state index contributed by atoms with van der Waals surface area (Å²) >= 11 is 0. The fourth-order valence-electron chi connectivity index (χ4n) is 1.25. The highest BCUT2D eigenvalue weighted by Gasteiger charge is 2.24. The Morgan fingerprint density at radius 1 is 1.31 bits per heavy atom. The van der Waals surface area contributed by atoms with Crippen molar-refractivity contribution >= 4 is 5.97 Å². The number of hydrogen-bond donors (Lipinski definition) is 3. The van der Waals surface area contributed by atoms with Gasteiger partial charge in [0.15, 0.2) is 11.6 Å². The van der Waals surface area contributed by atoms with Crippen LogP contribution in [0.5, 0.6) is 0 Å². The lowest BCUT2D eigenvalue weighted by atomic mass is 10.0. The van der Waals surface area contributed by atoms with Crippen LogP contribution in [0, 0.1) is 11.6 Å². The van der Waals surface area contributed by atoms with Gasteiger partial charge in [-0.25, -0.2) is 8.78 Å². The van der Waals surface area contributed by atoms with Crippen LogP contribution in [0.15, 0.2) is 18.2 Å². The van der Waals surface area contributed by atoms with Crippen molar-refractivity contribution in [3.63, 3.8) is 0 Å². The lowest BCUT2D eigenvalue weighted by Gasteiger charge is -2.17. The molecule has 4 nitrogen and oxygen atoms in total. The van der Waals surface area contributed by atoms with Crippen LogP contribution < -0.4 is 0 Å². The predicted molar refractivity (Wildman–Crippen MR) is 49.6 cm³/mol. The van der Waals surface area contributed by atoms with Crippen molar-refractivity contribution in [2.45, 2.75) is 18.6 Å². The van der Waals surface area contributed by atoms with Crippen molar-refractivity contribution in [2.75, 3.05) is 0 Å². The minimum atomic E-state index is -1.77. The zero-order valence-corrected chi connectivity index (χ0v) is 8.10. The van der Waals surface area contributed by atoms with Crippen LogP contribution in [0.3, 0.4) is 0 Å². The third kappa shape index (κ3) is 2.74. The van der Waals surface area contributed by atoms with Crippen LogP contribution in [0.2, 0.25) is 0 Å². The van der Waals surface area contributed by atoms with Gasteiger partial charge < -0.3 is 15.3 Å². The second-order valence-electron chi connectivity index (χ2n) is 3.25. The van der Waals surface area contributed by atoms with Crippen molar-refractivity contribution in [2.24, 2.45) is 0 Å². The van der Waals surface area contributed by atoms with E-state index in [9.17, 15) is 23.8 Å². The fourth-order valence-corrected chi connectivity index (χ4v) is 1.25. The first-order chi connectivity index (χ1) is 7.43. The summed E-state index contributed by atoms with van der Waals surface area (Å²) in [5.74, 6) is -3.80. The Kier molecular flexibility index (Phi) is 3.92. The van der Waals surface area contributed by atoms with Gasteiger partial charge in [-0.15, -0.1) is 0 Å². The Morgan fingerprint density at radius 2 is 1.94 bits per heavy atom. The van der Waals surface area contributed by atoms with Crippen molar-refractivity contribution in [3.05, 3.63) is 35.4 Å². The minimum absolute atomic E-state index is 0.464. The quantitative estimate of drug-likeness (QED) is 0.718. The lowest BCUT2D eigenvalue weighted by Crippen LogP contribution is -2.22. The lowest BCUT2D eigenvalue weighted by molar-refractivity contribution is -0.141. The highest BCUT2D eigenvalue weighted by molar-refractivity contribution is 5.67. The molecule has 6 heteroatoms. The number of rotatable bonds is 4. The molecule has 1 aromatic rings. The standard InChI is InChI=1S/C10H10F2O4/c11-6-3-1-2-5(9(6)12)10(16)7(13)4-8(14)15/h1-3,7,10,13,16H,4H2,(H,14,15). The summed E-state index contributed by atoms with van der Waals surface area (Å²) in [5.41, 5.74) is -0.464. The molecule has 0 heterocycles. The average Bonchev–Trinajstić information content (AvgIpc) is 2.20. The number of aliphatic carboxylic acids is 1. The molecular formula is C10H10F2O4. The number of carboxylic acid groups (broad SMARTS) is 1. The third-order valence-corrected chi connectivity index (χ3v) is 2.05. The van der Waals surface area contributed by atoms with E-state index >= 15 is 0 Å². The van der Waals surface area contributed by atoms with Gasteiger partial charge in [-0.05, 0) is 6.07 Å². The number of aliphatic hydroxyl groups is 2. The Labute approximate surface area is 89.8 Å².